The minimum atomic E-state index is -0.195. The van der Waals surface area contributed by atoms with Crippen molar-refractivity contribution in [3.8, 4) is 0 Å². The second kappa shape index (κ2) is 7.21. The molecular formula is C14H20ClN5OS. The van der Waals surface area contributed by atoms with Crippen molar-refractivity contribution in [3.05, 3.63) is 28.3 Å². The molecule has 120 valence electrons. The molecule has 1 aliphatic rings. The van der Waals surface area contributed by atoms with E-state index in [1.807, 2.05) is 10.7 Å². The molecule has 0 aromatic carbocycles. The third kappa shape index (κ3) is 3.66. The van der Waals surface area contributed by atoms with E-state index in [0.717, 1.165) is 10.8 Å². The highest BCUT2D eigenvalue weighted by Crippen LogP contribution is 2.40. The van der Waals surface area contributed by atoms with Gasteiger partial charge in [-0.3, -0.25) is 4.79 Å². The van der Waals surface area contributed by atoms with Crippen LogP contribution in [0.3, 0.4) is 0 Å². The topological polar surface area (TPSA) is 85.8 Å². The normalized spacial score (nSPS) is 15.2. The van der Waals surface area contributed by atoms with Crippen LogP contribution < -0.4 is 11.1 Å². The monoisotopic (exact) mass is 341 g/mol. The summed E-state index contributed by atoms with van der Waals surface area (Å²) < 4.78 is 1.89. The van der Waals surface area contributed by atoms with Crippen molar-refractivity contribution in [1.82, 2.24) is 14.8 Å². The maximum Gasteiger partial charge on any atom is 0.276 e. The van der Waals surface area contributed by atoms with Crippen LogP contribution in [0, 0.1) is 5.92 Å². The Morgan fingerprint density at radius 2 is 2.36 bits per heavy atom. The average molecular weight is 342 g/mol. The van der Waals surface area contributed by atoms with Crippen LogP contribution in [0.25, 0.3) is 0 Å². The second-order valence-electron chi connectivity index (χ2n) is 5.36. The van der Waals surface area contributed by atoms with Crippen LogP contribution in [0.1, 0.15) is 41.3 Å². The van der Waals surface area contributed by atoms with Gasteiger partial charge in [0.2, 0.25) is 0 Å². The molecule has 3 rings (SSSR count). The van der Waals surface area contributed by atoms with E-state index in [0.29, 0.717) is 30.6 Å². The molecule has 1 fully saturated rings. The molecule has 22 heavy (non-hydrogen) atoms. The predicted molar refractivity (Wildman–Crippen MR) is 89.7 cm³/mol. The molecule has 0 spiro atoms. The minimum Gasteiger partial charge on any atom is -0.330 e. The van der Waals surface area contributed by atoms with Crippen molar-refractivity contribution >= 4 is 35.5 Å². The van der Waals surface area contributed by atoms with E-state index in [9.17, 15) is 4.79 Å². The fourth-order valence-electron chi connectivity index (χ4n) is 2.35. The summed E-state index contributed by atoms with van der Waals surface area (Å²) >= 11 is 1.47. The van der Waals surface area contributed by atoms with E-state index in [2.05, 4.69) is 22.3 Å². The number of halogens is 1. The Hall–Kier alpha value is -1.44. The largest absolute Gasteiger partial charge is 0.330 e. The average Bonchev–Trinajstić information content (AvgIpc) is 3.04. The van der Waals surface area contributed by atoms with Gasteiger partial charge in [-0.15, -0.1) is 23.7 Å². The first-order valence-electron chi connectivity index (χ1n) is 7.18. The van der Waals surface area contributed by atoms with Crippen LogP contribution in [-0.2, 0) is 6.42 Å². The summed E-state index contributed by atoms with van der Waals surface area (Å²) in [6, 6.07) is 2.14. The molecule has 2 aromatic heterocycles. The summed E-state index contributed by atoms with van der Waals surface area (Å²) in [6.07, 6.45) is 4.90. The summed E-state index contributed by atoms with van der Waals surface area (Å²) in [7, 11) is 0. The zero-order valence-corrected chi connectivity index (χ0v) is 14.0. The molecule has 2 aromatic rings. The summed E-state index contributed by atoms with van der Waals surface area (Å²) in [4.78, 5) is 16.5. The third-order valence-electron chi connectivity index (χ3n) is 3.74. The second-order valence-corrected chi connectivity index (χ2v) is 6.30. The number of hydrogen-bond donors (Lipinski definition) is 2. The van der Waals surface area contributed by atoms with E-state index in [4.69, 9.17) is 5.73 Å². The van der Waals surface area contributed by atoms with Gasteiger partial charge >= 0.3 is 0 Å². The Labute approximate surface area is 139 Å². The van der Waals surface area contributed by atoms with Crippen LogP contribution >= 0.6 is 23.7 Å². The van der Waals surface area contributed by atoms with Crippen LogP contribution in [0.4, 0.5) is 5.82 Å². The molecule has 2 heterocycles. The molecule has 3 N–H and O–H groups in total. The van der Waals surface area contributed by atoms with Crippen LogP contribution in [0.2, 0.25) is 0 Å². The molecule has 0 aliphatic heterocycles. The van der Waals surface area contributed by atoms with Gasteiger partial charge in [0.1, 0.15) is 11.5 Å². The van der Waals surface area contributed by atoms with Crippen molar-refractivity contribution in [1.29, 1.82) is 0 Å². The lowest BCUT2D eigenvalue weighted by Crippen LogP contribution is -2.18. The molecule has 8 heteroatoms. The zero-order valence-electron chi connectivity index (χ0n) is 12.4. The number of nitrogens with zero attached hydrogens (tertiary/aromatic N) is 3. The van der Waals surface area contributed by atoms with Crippen LogP contribution in [0.15, 0.2) is 17.6 Å². The van der Waals surface area contributed by atoms with Crippen molar-refractivity contribution in [2.45, 2.75) is 32.2 Å². The molecule has 1 aliphatic carbocycles. The molecule has 0 radical (unpaired) electrons. The maximum atomic E-state index is 12.3. The molecule has 1 atom stereocenters. The fourth-order valence-corrected chi connectivity index (χ4v) is 3.14. The Balaban J connectivity index is 0.00000176. The number of thiazole rings is 1. The third-order valence-corrected chi connectivity index (χ3v) is 4.65. The number of nitrogens with two attached hydrogens (primary N) is 1. The Kier molecular flexibility index (Phi) is 5.55. The van der Waals surface area contributed by atoms with Gasteiger partial charge in [-0.05, 0) is 32.2 Å². The molecule has 1 unspecified atom stereocenters. The Bertz CT molecular complexity index is 637. The van der Waals surface area contributed by atoms with Crippen molar-refractivity contribution in [3.63, 3.8) is 0 Å². The highest BCUT2D eigenvalue weighted by molar-refractivity contribution is 7.09. The van der Waals surface area contributed by atoms with E-state index in [1.165, 1.54) is 24.2 Å². The first kappa shape index (κ1) is 16.9. The highest BCUT2D eigenvalue weighted by Gasteiger charge is 2.30. The molecule has 0 saturated heterocycles. The standard InChI is InChI=1S/C14H19N5OS.ClH/c1-9(10-2-3-10)19-12(5-7-16-19)18-14(20)11-8-21-13(17-11)4-6-15;/h5,7-10H,2-4,6,15H2,1H3,(H,18,20);1H. The maximum absolute atomic E-state index is 12.3. The van der Waals surface area contributed by atoms with E-state index in [-0.39, 0.29) is 18.3 Å². The fraction of sp³-hybridized carbons (Fsp3) is 0.500. The lowest BCUT2D eigenvalue weighted by atomic mass is 10.2. The van der Waals surface area contributed by atoms with Crippen LogP contribution in [0.5, 0.6) is 0 Å². The summed E-state index contributed by atoms with van der Waals surface area (Å²) in [6.45, 7) is 2.68. The van der Waals surface area contributed by atoms with Gasteiger partial charge in [-0.1, -0.05) is 0 Å². The van der Waals surface area contributed by atoms with Crippen molar-refractivity contribution in [2.24, 2.45) is 11.7 Å². The summed E-state index contributed by atoms with van der Waals surface area (Å²) in [5.74, 6) is 1.21. The van der Waals surface area contributed by atoms with E-state index < -0.39 is 0 Å². The van der Waals surface area contributed by atoms with Gasteiger partial charge in [-0.2, -0.15) is 5.10 Å². The predicted octanol–water partition coefficient (Wildman–Crippen LogP) is 2.49. The van der Waals surface area contributed by atoms with Gasteiger partial charge in [0, 0.05) is 17.9 Å². The Morgan fingerprint density at radius 3 is 3.05 bits per heavy atom. The van der Waals surface area contributed by atoms with Gasteiger partial charge in [0.05, 0.1) is 17.2 Å². The smallest absolute Gasteiger partial charge is 0.276 e. The van der Waals surface area contributed by atoms with Gasteiger partial charge < -0.3 is 11.1 Å². The summed E-state index contributed by atoms with van der Waals surface area (Å²) in [5, 5.41) is 9.89. The number of carbonyl (C=O) groups excluding carboxylic acids is 1. The number of aromatic nitrogens is 3. The quantitative estimate of drug-likeness (QED) is 0.845. The number of anilines is 1. The molecular weight excluding hydrogens is 322 g/mol. The lowest BCUT2D eigenvalue weighted by Gasteiger charge is -2.14. The molecule has 6 nitrogen and oxygen atoms in total. The van der Waals surface area contributed by atoms with Crippen molar-refractivity contribution < 1.29 is 4.79 Å². The van der Waals surface area contributed by atoms with Crippen LogP contribution in [-0.4, -0.2) is 27.2 Å². The number of rotatable bonds is 6. The van der Waals surface area contributed by atoms with E-state index in [1.54, 1.807) is 11.6 Å². The number of nitrogens with one attached hydrogen (secondary N) is 1. The molecule has 1 saturated carbocycles. The number of amides is 1. The van der Waals surface area contributed by atoms with Gasteiger partial charge in [-0.25, -0.2) is 9.67 Å². The minimum absolute atomic E-state index is 0. The number of hydrogen-bond acceptors (Lipinski definition) is 5. The lowest BCUT2D eigenvalue weighted by molar-refractivity contribution is 0.102. The first-order valence-corrected chi connectivity index (χ1v) is 8.06. The molecule has 0 bridgehead atoms. The number of carbonyl (C=O) groups is 1. The van der Waals surface area contributed by atoms with Gasteiger partial charge in [0.25, 0.3) is 5.91 Å². The highest BCUT2D eigenvalue weighted by atomic mass is 35.5. The van der Waals surface area contributed by atoms with Gasteiger partial charge in [0.15, 0.2) is 0 Å². The Morgan fingerprint density at radius 1 is 1.59 bits per heavy atom. The first-order chi connectivity index (χ1) is 10.2. The zero-order chi connectivity index (χ0) is 14.8. The van der Waals surface area contributed by atoms with E-state index >= 15 is 0 Å². The summed E-state index contributed by atoms with van der Waals surface area (Å²) in [5.41, 5.74) is 5.94. The molecule has 1 amide bonds. The SMILES string of the molecule is CC(C1CC1)n1nccc1NC(=O)c1csc(CCN)n1.Cl. The van der Waals surface area contributed by atoms with Crippen molar-refractivity contribution in [2.75, 3.05) is 11.9 Å².